The Balaban J connectivity index is 1.77. The second-order valence-electron chi connectivity index (χ2n) is 7.56. The number of benzene rings is 1. The minimum absolute atomic E-state index is 0.0655. The Labute approximate surface area is 164 Å². The Kier molecular flexibility index (Phi) is 4.65. The molecule has 0 radical (unpaired) electrons. The summed E-state index contributed by atoms with van der Waals surface area (Å²) in [7, 11) is 0. The first-order valence-corrected chi connectivity index (χ1v) is 9.93. The van der Waals surface area contributed by atoms with Gasteiger partial charge in [-0.15, -0.1) is 0 Å². The van der Waals surface area contributed by atoms with E-state index in [0.717, 1.165) is 18.4 Å². The van der Waals surface area contributed by atoms with E-state index in [2.05, 4.69) is 16.9 Å². The van der Waals surface area contributed by atoms with Gasteiger partial charge in [0.15, 0.2) is 5.82 Å². The minimum atomic E-state index is -0.799. The highest BCUT2D eigenvalue weighted by Crippen LogP contribution is 2.58. The lowest BCUT2D eigenvalue weighted by Gasteiger charge is -2.68. The van der Waals surface area contributed by atoms with Gasteiger partial charge in [-0.25, -0.2) is 14.8 Å². The zero-order valence-electron chi connectivity index (χ0n) is 16.5. The van der Waals surface area contributed by atoms with Crippen LogP contribution in [0.3, 0.4) is 0 Å². The summed E-state index contributed by atoms with van der Waals surface area (Å²) in [6.07, 6.45) is 5.78. The van der Waals surface area contributed by atoms with E-state index < -0.39 is 5.54 Å². The molecule has 2 aliphatic rings. The van der Waals surface area contributed by atoms with Crippen molar-refractivity contribution in [3.05, 3.63) is 47.8 Å². The zero-order valence-corrected chi connectivity index (χ0v) is 16.5. The second-order valence-corrected chi connectivity index (χ2v) is 7.56. The van der Waals surface area contributed by atoms with E-state index in [1.54, 1.807) is 30.3 Å². The van der Waals surface area contributed by atoms with Crippen LogP contribution in [0.4, 0.5) is 0 Å². The molecule has 2 aromatic rings. The Morgan fingerprint density at radius 1 is 1.25 bits per heavy atom. The molecule has 0 spiro atoms. The molecule has 2 fully saturated rings. The Morgan fingerprint density at radius 3 is 2.61 bits per heavy atom. The van der Waals surface area contributed by atoms with Gasteiger partial charge < -0.3 is 9.64 Å². The largest absolute Gasteiger partial charge is 0.464 e. The van der Waals surface area contributed by atoms with Crippen LogP contribution in [0.2, 0.25) is 0 Å². The molecule has 1 aliphatic carbocycles. The normalized spacial score (nSPS) is 25.3. The molecule has 1 aromatic carbocycles. The standard InChI is InChI=1S/C22H25N3O3/c1-4-18-17-9-10-22(17,21(27)28-5-2)25(18)20(26)16-13-14(3)7-8-15(16)19-23-11-6-12-24-19/h6-8,11-13,17-18H,4-5,9-10H2,1-3H3/t17?,18?,22-/m1/s1. The molecule has 146 valence electrons. The number of esters is 1. The predicted octanol–water partition coefficient (Wildman–Crippen LogP) is 3.40. The number of amides is 1. The summed E-state index contributed by atoms with van der Waals surface area (Å²) in [5, 5.41) is 0. The van der Waals surface area contributed by atoms with Crippen molar-refractivity contribution in [2.45, 2.75) is 51.6 Å². The maximum Gasteiger partial charge on any atom is 0.332 e. The Bertz CT molecular complexity index is 914. The summed E-state index contributed by atoms with van der Waals surface area (Å²) < 4.78 is 5.36. The molecule has 0 bridgehead atoms. The first kappa shape index (κ1) is 18.6. The van der Waals surface area contributed by atoms with Crippen LogP contribution in [-0.4, -0.2) is 44.9 Å². The van der Waals surface area contributed by atoms with Gasteiger partial charge in [0.05, 0.1) is 12.2 Å². The zero-order chi connectivity index (χ0) is 19.9. The number of rotatable bonds is 5. The minimum Gasteiger partial charge on any atom is -0.464 e. The molecular formula is C22H25N3O3. The van der Waals surface area contributed by atoms with Gasteiger partial charge in [-0.3, -0.25) is 4.79 Å². The molecule has 3 atom stereocenters. The molecule has 4 rings (SSSR count). The summed E-state index contributed by atoms with van der Waals surface area (Å²) in [5.41, 5.74) is 1.41. The maximum atomic E-state index is 13.7. The molecule has 1 saturated heterocycles. The van der Waals surface area contributed by atoms with Crippen LogP contribution in [0, 0.1) is 12.8 Å². The maximum absolute atomic E-state index is 13.7. The summed E-state index contributed by atoms with van der Waals surface area (Å²) in [6, 6.07) is 7.51. The number of piperidine rings is 1. The van der Waals surface area contributed by atoms with Crippen LogP contribution in [-0.2, 0) is 9.53 Å². The van der Waals surface area contributed by atoms with E-state index >= 15 is 0 Å². The average Bonchev–Trinajstić information content (AvgIpc) is 2.69. The van der Waals surface area contributed by atoms with Gasteiger partial charge in [-0.05, 0) is 45.2 Å². The fourth-order valence-corrected chi connectivity index (χ4v) is 4.79. The summed E-state index contributed by atoms with van der Waals surface area (Å²) in [5.74, 6) is 0.299. The molecule has 2 unspecified atom stereocenters. The quantitative estimate of drug-likeness (QED) is 0.745. The lowest BCUT2D eigenvalue weighted by molar-refractivity contribution is -0.210. The van der Waals surface area contributed by atoms with E-state index in [0.29, 0.717) is 30.0 Å². The number of aryl methyl sites for hydroxylation is 1. The van der Waals surface area contributed by atoms with Gasteiger partial charge in [0.25, 0.3) is 5.91 Å². The molecule has 1 aliphatic heterocycles. The number of fused-ring (bicyclic) bond motifs is 1. The number of carbonyl (C=O) groups is 2. The van der Waals surface area contributed by atoms with E-state index in [1.165, 1.54) is 0 Å². The van der Waals surface area contributed by atoms with Crippen molar-refractivity contribution in [3.63, 3.8) is 0 Å². The third-order valence-corrected chi connectivity index (χ3v) is 6.15. The van der Waals surface area contributed by atoms with Gasteiger partial charge in [0.2, 0.25) is 0 Å². The Hall–Kier alpha value is -2.76. The van der Waals surface area contributed by atoms with Gasteiger partial charge in [-0.2, -0.15) is 0 Å². The number of aromatic nitrogens is 2. The summed E-state index contributed by atoms with van der Waals surface area (Å²) in [6.45, 7) is 6.14. The highest BCUT2D eigenvalue weighted by Gasteiger charge is 2.71. The van der Waals surface area contributed by atoms with Gasteiger partial charge in [0.1, 0.15) is 5.54 Å². The molecule has 2 heterocycles. The lowest BCUT2D eigenvalue weighted by Crippen LogP contribution is -2.82. The van der Waals surface area contributed by atoms with Crippen molar-refractivity contribution in [2.75, 3.05) is 6.61 Å². The van der Waals surface area contributed by atoms with Crippen LogP contribution in [0.15, 0.2) is 36.7 Å². The van der Waals surface area contributed by atoms with Crippen LogP contribution in [0.1, 0.15) is 49.0 Å². The molecular weight excluding hydrogens is 354 g/mol. The number of carbonyl (C=O) groups excluding carboxylic acids is 2. The first-order chi connectivity index (χ1) is 13.5. The van der Waals surface area contributed by atoms with Crippen molar-refractivity contribution in [2.24, 2.45) is 5.92 Å². The predicted molar refractivity (Wildman–Crippen MR) is 105 cm³/mol. The van der Waals surface area contributed by atoms with Crippen LogP contribution >= 0.6 is 0 Å². The van der Waals surface area contributed by atoms with E-state index in [9.17, 15) is 9.59 Å². The molecule has 6 heteroatoms. The highest BCUT2D eigenvalue weighted by atomic mass is 16.5. The number of nitrogens with zero attached hydrogens (tertiary/aromatic N) is 3. The smallest absolute Gasteiger partial charge is 0.332 e. The number of ether oxygens (including phenoxy) is 1. The van der Waals surface area contributed by atoms with E-state index in [1.807, 2.05) is 25.1 Å². The SMILES string of the molecule is CCOC(=O)[C@@]12CCC1C(CC)N2C(=O)c1cc(C)ccc1-c1ncccn1. The molecule has 1 saturated carbocycles. The average molecular weight is 379 g/mol. The molecule has 0 N–H and O–H groups in total. The number of hydrogen-bond acceptors (Lipinski definition) is 5. The highest BCUT2D eigenvalue weighted by molar-refractivity contribution is 6.04. The first-order valence-electron chi connectivity index (χ1n) is 9.93. The van der Waals surface area contributed by atoms with Crippen molar-refractivity contribution in [1.82, 2.24) is 14.9 Å². The monoisotopic (exact) mass is 379 g/mol. The lowest BCUT2D eigenvalue weighted by atomic mass is 9.53. The fraction of sp³-hybridized carbons (Fsp3) is 0.455. The van der Waals surface area contributed by atoms with Crippen LogP contribution < -0.4 is 0 Å². The van der Waals surface area contributed by atoms with E-state index in [-0.39, 0.29) is 23.8 Å². The third-order valence-electron chi connectivity index (χ3n) is 6.15. The van der Waals surface area contributed by atoms with Gasteiger partial charge in [-0.1, -0.05) is 24.6 Å². The van der Waals surface area contributed by atoms with Crippen molar-refractivity contribution in [1.29, 1.82) is 0 Å². The van der Waals surface area contributed by atoms with Crippen molar-refractivity contribution < 1.29 is 14.3 Å². The third kappa shape index (κ3) is 2.54. The van der Waals surface area contributed by atoms with Gasteiger partial charge >= 0.3 is 5.97 Å². The number of hydrogen-bond donors (Lipinski definition) is 0. The molecule has 6 nitrogen and oxygen atoms in total. The summed E-state index contributed by atoms with van der Waals surface area (Å²) >= 11 is 0. The summed E-state index contributed by atoms with van der Waals surface area (Å²) in [4.78, 5) is 36.9. The molecule has 1 aromatic heterocycles. The van der Waals surface area contributed by atoms with E-state index in [4.69, 9.17) is 4.74 Å². The Morgan fingerprint density at radius 2 is 2.00 bits per heavy atom. The molecule has 28 heavy (non-hydrogen) atoms. The van der Waals surface area contributed by atoms with Crippen molar-refractivity contribution >= 4 is 11.9 Å². The van der Waals surface area contributed by atoms with Crippen molar-refractivity contribution in [3.8, 4) is 11.4 Å². The molecule has 1 amide bonds. The number of likely N-dealkylation sites (tertiary alicyclic amines) is 1. The van der Waals surface area contributed by atoms with Crippen LogP contribution in [0.25, 0.3) is 11.4 Å². The van der Waals surface area contributed by atoms with Crippen LogP contribution in [0.5, 0.6) is 0 Å². The fourth-order valence-electron chi connectivity index (χ4n) is 4.79. The second kappa shape index (κ2) is 7.00. The topological polar surface area (TPSA) is 72.4 Å². The van der Waals surface area contributed by atoms with Gasteiger partial charge in [0, 0.05) is 29.9 Å².